The van der Waals surface area contributed by atoms with E-state index in [0.717, 1.165) is 10.6 Å². The quantitative estimate of drug-likeness (QED) is 0.359. The minimum absolute atomic E-state index is 0.0651. The lowest BCUT2D eigenvalue weighted by Crippen LogP contribution is -2.49. The molecule has 2 aliphatic heterocycles. The molecule has 8 nitrogen and oxygen atoms in total. The third-order valence-electron chi connectivity index (χ3n) is 6.95. The fourth-order valence-corrected chi connectivity index (χ4v) is 5.30. The molecule has 1 amide bonds. The average molecular weight is 540 g/mol. The van der Waals surface area contributed by atoms with Crippen LogP contribution < -0.4 is 4.90 Å². The largest absolute Gasteiger partial charge is 0.451 e. The van der Waals surface area contributed by atoms with Crippen LogP contribution in [0.4, 0.5) is 27.6 Å². The Kier molecular flexibility index (Phi) is 6.18. The molecule has 0 N–H and O–H groups in total. The third-order valence-corrected chi connectivity index (χ3v) is 7.29. The van der Waals surface area contributed by atoms with Gasteiger partial charge in [0, 0.05) is 43.7 Å². The van der Waals surface area contributed by atoms with Crippen LogP contribution in [0, 0.1) is 34.8 Å². The van der Waals surface area contributed by atoms with Gasteiger partial charge in [-0.15, -0.1) is 10.2 Å². The molecule has 2 aromatic heterocycles. The van der Waals surface area contributed by atoms with E-state index in [1.54, 1.807) is 4.90 Å². The first-order valence-corrected chi connectivity index (χ1v) is 11.8. The van der Waals surface area contributed by atoms with Crippen molar-refractivity contribution in [2.24, 2.45) is 11.8 Å². The van der Waals surface area contributed by atoms with Crippen molar-refractivity contribution in [3.05, 3.63) is 46.1 Å². The van der Waals surface area contributed by atoms with Crippen LogP contribution in [0.2, 0.25) is 5.02 Å². The van der Waals surface area contributed by atoms with Crippen LogP contribution in [0.15, 0.2) is 12.3 Å². The highest BCUT2D eigenvalue weighted by Gasteiger charge is 2.41. The molecule has 1 fully saturated rings. The van der Waals surface area contributed by atoms with Gasteiger partial charge in [-0.25, -0.2) is 8.78 Å². The molecular formula is C23H19ClF5N7O. The van der Waals surface area contributed by atoms with Crippen molar-refractivity contribution < 1.29 is 26.7 Å². The minimum Gasteiger partial charge on any atom is -0.370 e. The second-order valence-corrected chi connectivity index (χ2v) is 9.56. The van der Waals surface area contributed by atoms with Crippen molar-refractivity contribution in [3.8, 4) is 6.07 Å². The van der Waals surface area contributed by atoms with Gasteiger partial charge < -0.3 is 14.4 Å². The van der Waals surface area contributed by atoms with Crippen molar-refractivity contribution in [1.29, 1.82) is 5.26 Å². The smallest absolute Gasteiger partial charge is 0.370 e. The maximum atomic E-state index is 14.6. The lowest BCUT2D eigenvalue weighted by molar-refractivity contribution is -0.148. The molecule has 0 radical (unpaired) electrons. The number of benzene rings is 1. The van der Waals surface area contributed by atoms with Gasteiger partial charge in [-0.05, 0) is 18.4 Å². The number of nitrogens with zero attached hydrogens (tertiary/aromatic N) is 7. The standard InChI is InChI=1S/C23H19ClF5N7O/c1-11-9-34(20-12(7-30)8-31-19-14(20)6-15(25)17(24)18(19)26)3-2-13(11)21(37)35-4-5-36-16(10-35)32-33-22(36)23(27,28)29/h6,8,11,13H,2-5,9-10H2,1H3/t11-,13+/m1/s1. The Bertz CT molecular complexity index is 1450. The fraction of sp³-hybridized carbons (Fsp3) is 0.435. The number of hydrogen-bond donors (Lipinski definition) is 0. The number of alkyl halides is 3. The summed E-state index contributed by atoms with van der Waals surface area (Å²) in [5.74, 6) is -3.89. The lowest BCUT2D eigenvalue weighted by atomic mass is 9.85. The van der Waals surface area contributed by atoms with Gasteiger partial charge in [-0.3, -0.25) is 9.78 Å². The maximum Gasteiger partial charge on any atom is 0.451 e. The van der Waals surface area contributed by atoms with Crippen LogP contribution in [0.1, 0.15) is 30.6 Å². The van der Waals surface area contributed by atoms with Crippen molar-refractivity contribution in [1.82, 2.24) is 24.6 Å². The molecule has 5 rings (SSSR count). The number of piperidine rings is 1. The Hall–Kier alpha value is -3.53. The Morgan fingerprint density at radius 2 is 1.97 bits per heavy atom. The van der Waals surface area contributed by atoms with Gasteiger partial charge in [0.1, 0.15) is 22.4 Å². The van der Waals surface area contributed by atoms with Gasteiger partial charge in [-0.1, -0.05) is 18.5 Å². The Morgan fingerprint density at radius 1 is 1.22 bits per heavy atom. The lowest BCUT2D eigenvalue weighted by Gasteiger charge is -2.40. The molecule has 194 valence electrons. The van der Waals surface area contributed by atoms with Gasteiger partial charge in [0.25, 0.3) is 0 Å². The summed E-state index contributed by atoms with van der Waals surface area (Å²) in [5, 5.41) is 15.9. The predicted octanol–water partition coefficient (Wildman–Crippen LogP) is 4.15. The first-order valence-electron chi connectivity index (χ1n) is 11.4. The fourth-order valence-electron chi connectivity index (χ4n) is 5.16. The summed E-state index contributed by atoms with van der Waals surface area (Å²) in [6.45, 7) is 2.40. The molecule has 14 heteroatoms. The Morgan fingerprint density at radius 3 is 2.65 bits per heavy atom. The van der Waals surface area contributed by atoms with Gasteiger partial charge >= 0.3 is 6.18 Å². The number of aromatic nitrogens is 4. The first-order chi connectivity index (χ1) is 17.5. The van der Waals surface area contributed by atoms with Crippen LogP contribution >= 0.6 is 11.6 Å². The zero-order valence-corrected chi connectivity index (χ0v) is 20.1. The highest BCUT2D eigenvalue weighted by Crippen LogP contribution is 2.38. The summed E-state index contributed by atoms with van der Waals surface area (Å²) >= 11 is 5.70. The van der Waals surface area contributed by atoms with Crippen LogP contribution in [-0.4, -0.2) is 50.2 Å². The maximum absolute atomic E-state index is 14.6. The Balaban J connectivity index is 1.37. The molecule has 37 heavy (non-hydrogen) atoms. The number of nitriles is 1. The summed E-state index contributed by atoms with van der Waals surface area (Å²) < 4.78 is 69.2. The van der Waals surface area contributed by atoms with E-state index in [1.165, 1.54) is 11.1 Å². The van der Waals surface area contributed by atoms with Gasteiger partial charge in [0.05, 0.1) is 17.8 Å². The monoisotopic (exact) mass is 539 g/mol. The third kappa shape index (κ3) is 4.22. The molecular weight excluding hydrogens is 521 g/mol. The summed E-state index contributed by atoms with van der Waals surface area (Å²) in [5.41, 5.74) is 0.272. The van der Waals surface area contributed by atoms with Gasteiger partial charge in [0.15, 0.2) is 11.6 Å². The zero-order valence-electron chi connectivity index (χ0n) is 19.4. The highest BCUT2D eigenvalue weighted by molar-refractivity contribution is 6.31. The van der Waals surface area contributed by atoms with Crippen molar-refractivity contribution in [2.75, 3.05) is 24.5 Å². The van der Waals surface area contributed by atoms with Crippen LogP contribution in [0.5, 0.6) is 0 Å². The SMILES string of the molecule is C[C@@H]1CN(c2c(C#N)cnc3c(F)c(Cl)c(F)cc23)CC[C@@H]1C(=O)N1CCn2c(nnc2C(F)(F)F)C1. The molecule has 1 saturated heterocycles. The number of anilines is 1. The number of carbonyl (C=O) groups excluding carboxylic acids is 1. The molecule has 2 atom stereocenters. The highest BCUT2D eigenvalue weighted by atomic mass is 35.5. The number of fused-ring (bicyclic) bond motifs is 2. The van der Waals surface area contributed by atoms with Crippen molar-refractivity contribution in [2.45, 2.75) is 32.6 Å². The van der Waals surface area contributed by atoms with E-state index in [9.17, 15) is 32.0 Å². The number of carbonyl (C=O) groups is 1. The number of rotatable bonds is 2. The van der Waals surface area contributed by atoms with Crippen LogP contribution in [0.3, 0.4) is 0 Å². The van der Waals surface area contributed by atoms with Crippen molar-refractivity contribution in [3.63, 3.8) is 0 Å². The first kappa shape index (κ1) is 25.1. The number of amides is 1. The average Bonchev–Trinajstić information content (AvgIpc) is 3.30. The van der Waals surface area contributed by atoms with E-state index < -0.39 is 34.6 Å². The molecule has 0 aliphatic carbocycles. The summed E-state index contributed by atoms with van der Waals surface area (Å²) in [4.78, 5) is 20.6. The molecule has 4 heterocycles. The van der Waals surface area contributed by atoms with Gasteiger partial charge in [0.2, 0.25) is 11.7 Å². The molecule has 3 aromatic rings. The van der Waals surface area contributed by atoms with Crippen LogP contribution in [-0.2, 0) is 24.1 Å². The van der Waals surface area contributed by atoms with Crippen LogP contribution in [0.25, 0.3) is 10.9 Å². The molecule has 0 bridgehead atoms. The second-order valence-electron chi connectivity index (χ2n) is 9.18. The van der Waals surface area contributed by atoms with E-state index in [0.29, 0.717) is 25.2 Å². The van der Waals surface area contributed by atoms with E-state index in [1.807, 2.05) is 13.0 Å². The zero-order chi connectivity index (χ0) is 26.6. The van der Waals surface area contributed by atoms with Gasteiger partial charge in [-0.2, -0.15) is 18.4 Å². The number of pyridine rings is 1. The van der Waals surface area contributed by atoms with Crippen molar-refractivity contribution >= 4 is 34.1 Å². The molecule has 0 saturated carbocycles. The molecule has 1 aromatic carbocycles. The number of hydrogen-bond acceptors (Lipinski definition) is 6. The normalized spacial score (nSPS) is 20.2. The van der Waals surface area contributed by atoms with E-state index in [2.05, 4.69) is 15.2 Å². The molecule has 2 aliphatic rings. The second kappa shape index (κ2) is 9.09. The van der Waals surface area contributed by atoms with E-state index in [-0.39, 0.29) is 53.8 Å². The topological polar surface area (TPSA) is 90.9 Å². The Labute approximate surface area is 212 Å². The molecule has 0 spiro atoms. The summed E-state index contributed by atoms with van der Waals surface area (Å²) in [6.07, 6.45) is -3.06. The van der Waals surface area contributed by atoms with E-state index in [4.69, 9.17) is 11.6 Å². The number of halogens is 6. The van der Waals surface area contributed by atoms with E-state index >= 15 is 0 Å². The minimum atomic E-state index is -4.63. The predicted molar refractivity (Wildman–Crippen MR) is 121 cm³/mol. The summed E-state index contributed by atoms with van der Waals surface area (Å²) in [7, 11) is 0. The molecule has 0 unspecified atom stereocenters. The summed E-state index contributed by atoms with van der Waals surface area (Å²) in [6, 6.07) is 3.06.